The second-order valence-corrected chi connectivity index (χ2v) is 2.68. The summed E-state index contributed by atoms with van der Waals surface area (Å²) in [5.74, 6) is -4.30. The minimum absolute atomic E-state index is 0.530. The van der Waals surface area contributed by atoms with Crippen LogP contribution in [-0.2, 0) is 14.4 Å². The van der Waals surface area contributed by atoms with Gasteiger partial charge in [-0.2, -0.15) is 0 Å². The van der Waals surface area contributed by atoms with E-state index in [1.165, 1.54) is 0 Å². The number of rotatable bonds is 5. The molecule has 0 bridgehead atoms. The fourth-order valence-corrected chi connectivity index (χ4v) is 0.884. The first-order chi connectivity index (χ1) is 5.86. The Labute approximate surface area is 74.3 Å². The molecule has 4 N–H and O–H groups in total. The molecule has 0 fully saturated rings. The van der Waals surface area contributed by atoms with E-state index in [-0.39, 0.29) is 0 Å². The van der Waals surface area contributed by atoms with Crippen LogP contribution in [0.5, 0.6) is 0 Å². The van der Waals surface area contributed by atoms with Gasteiger partial charge in [-0.1, -0.05) is 0 Å². The molecule has 0 heterocycles. The maximum absolute atomic E-state index is 10.8. The Morgan fingerprint density at radius 3 is 2.00 bits per heavy atom. The zero-order valence-corrected chi connectivity index (χ0v) is 7.06. The van der Waals surface area contributed by atoms with Gasteiger partial charge in [-0.25, -0.2) is 0 Å². The molecule has 0 aromatic heterocycles. The van der Waals surface area contributed by atoms with Crippen LogP contribution in [-0.4, -0.2) is 34.0 Å². The lowest BCUT2D eigenvalue weighted by molar-refractivity contribution is -0.145. The lowest BCUT2D eigenvalue weighted by Gasteiger charge is -2.15. The van der Waals surface area contributed by atoms with Crippen molar-refractivity contribution in [2.75, 3.05) is 0 Å². The average molecular weight is 189 g/mol. The summed E-state index contributed by atoms with van der Waals surface area (Å²) in [5, 5.41) is 16.8. The standard InChI is InChI=1S/C7H11NO5/c1-3(9)4(2-5(10)11)6(8)7(12)13/h4,6H,2,8H2,1H3,(H,10,11)(H,12,13)/t4?,6-/m0/s1. The number of aliphatic carboxylic acids is 2. The van der Waals surface area contributed by atoms with Crippen LogP contribution >= 0.6 is 0 Å². The van der Waals surface area contributed by atoms with Gasteiger partial charge in [0.05, 0.1) is 12.3 Å². The number of Topliss-reactive ketones (excluding diaryl/α,β-unsaturated/α-hetero) is 1. The first-order valence-electron chi connectivity index (χ1n) is 3.57. The summed E-state index contributed by atoms with van der Waals surface area (Å²) in [4.78, 5) is 31.4. The fourth-order valence-electron chi connectivity index (χ4n) is 0.884. The molecule has 0 aromatic carbocycles. The van der Waals surface area contributed by atoms with Crippen LogP contribution in [0.15, 0.2) is 0 Å². The normalized spacial score (nSPS) is 14.6. The van der Waals surface area contributed by atoms with Gasteiger partial charge in [0, 0.05) is 0 Å². The van der Waals surface area contributed by atoms with E-state index in [4.69, 9.17) is 15.9 Å². The summed E-state index contributed by atoms with van der Waals surface area (Å²) < 4.78 is 0. The third kappa shape index (κ3) is 3.66. The molecule has 0 rings (SSSR count). The van der Waals surface area contributed by atoms with Gasteiger partial charge in [0.2, 0.25) is 0 Å². The molecule has 0 spiro atoms. The van der Waals surface area contributed by atoms with Crippen molar-refractivity contribution in [1.82, 2.24) is 0 Å². The molecule has 0 amide bonds. The highest BCUT2D eigenvalue weighted by Crippen LogP contribution is 2.09. The lowest BCUT2D eigenvalue weighted by Crippen LogP contribution is -2.42. The number of hydrogen-bond acceptors (Lipinski definition) is 4. The number of carboxylic acids is 2. The molecule has 0 aliphatic carbocycles. The summed E-state index contributed by atoms with van der Waals surface area (Å²) in [5.41, 5.74) is 5.13. The molecular formula is C7H11NO5. The van der Waals surface area contributed by atoms with Crippen LogP contribution in [0.1, 0.15) is 13.3 Å². The van der Waals surface area contributed by atoms with Crippen molar-refractivity contribution >= 4 is 17.7 Å². The quantitative estimate of drug-likeness (QED) is 0.514. The smallest absolute Gasteiger partial charge is 0.321 e. The van der Waals surface area contributed by atoms with Gasteiger partial charge in [-0.05, 0) is 6.92 Å². The summed E-state index contributed by atoms with van der Waals surface area (Å²) >= 11 is 0. The highest BCUT2D eigenvalue weighted by Gasteiger charge is 2.29. The van der Waals surface area contributed by atoms with Crippen LogP contribution in [0, 0.1) is 5.92 Å². The molecule has 0 saturated carbocycles. The van der Waals surface area contributed by atoms with Gasteiger partial charge in [-0.15, -0.1) is 0 Å². The second-order valence-electron chi connectivity index (χ2n) is 2.68. The number of ketones is 1. The molecule has 0 aliphatic rings. The first kappa shape index (κ1) is 11.6. The Morgan fingerprint density at radius 2 is 1.77 bits per heavy atom. The van der Waals surface area contributed by atoms with Crippen molar-refractivity contribution in [2.24, 2.45) is 11.7 Å². The molecule has 13 heavy (non-hydrogen) atoms. The van der Waals surface area contributed by atoms with Gasteiger partial charge in [0.25, 0.3) is 0 Å². The number of carbonyl (C=O) groups is 3. The molecule has 0 saturated heterocycles. The number of nitrogens with two attached hydrogens (primary N) is 1. The third-order valence-electron chi connectivity index (χ3n) is 1.64. The lowest BCUT2D eigenvalue weighted by atomic mass is 9.93. The van der Waals surface area contributed by atoms with Gasteiger partial charge in [-0.3, -0.25) is 14.4 Å². The minimum atomic E-state index is -1.45. The molecule has 6 heteroatoms. The maximum atomic E-state index is 10.8. The fraction of sp³-hybridized carbons (Fsp3) is 0.571. The van der Waals surface area contributed by atoms with Crippen LogP contribution in [0.4, 0.5) is 0 Å². The van der Waals surface area contributed by atoms with E-state index in [9.17, 15) is 14.4 Å². The monoisotopic (exact) mass is 189 g/mol. The Balaban J connectivity index is 4.51. The maximum Gasteiger partial charge on any atom is 0.321 e. The third-order valence-corrected chi connectivity index (χ3v) is 1.64. The zero-order chi connectivity index (χ0) is 10.6. The second kappa shape index (κ2) is 4.56. The van der Waals surface area contributed by atoms with Gasteiger partial charge >= 0.3 is 11.9 Å². The summed E-state index contributed by atoms with van der Waals surface area (Å²) in [6.45, 7) is 1.12. The van der Waals surface area contributed by atoms with E-state index >= 15 is 0 Å². The van der Waals surface area contributed by atoms with E-state index in [0.717, 1.165) is 6.92 Å². The van der Waals surface area contributed by atoms with E-state index < -0.39 is 36.1 Å². The van der Waals surface area contributed by atoms with E-state index in [2.05, 4.69) is 0 Å². The molecule has 2 atom stereocenters. The van der Waals surface area contributed by atoms with Crippen molar-refractivity contribution in [3.63, 3.8) is 0 Å². The van der Waals surface area contributed by atoms with Gasteiger partial charge in [0.15, 0.2) is 0 Å². The largest absolute Gasteiger partial charge is 0.481 e. The Hall–Kier alpha value is -1.43. The van der Waals surface area contributed by atoms with Crippen molar-refractivity contribution in [3.05, 3.63) is 0 Å². The molecule has 0 aromatic rings. The van der Waals surface area contributed by atoms with E-state index in [1.54, 1.807) is 0 Å². The van der Waals surface area contributed by atoms with E-state index in [1.807, 2.05) is 0 Å². The highest BCUT2D eigenvalue weighted by molar-refractivity contribution is 5.89. The average Bonchev–Trinajstić information content (AvgIpc) is 1.97. The summed E-state index contributed by atoms with van der Waals surface area (Å²) in [7, 11) is 0. The topological polar surface area (TPSA) is 118 Å². The Morgan fingerprint density at radius 1 is 1.31 bits per heavy atom. The van der Waals surface area contributed by atoms with Crippen molar-refractivity contribution in [1.29, 1.82) is 0 Å². The van der Waals surface area contributed by atoms with Crippen molar-refractivity contribution < 1.29 is 24.6 Å². The molecule has 6 nitrogen and oxygen atoms in total. The molecule has 74 valence electrons. The van der Waals surface area contributed by atoms with Crippen LogP contribution in [0.25, 0.3) is 0 Å². The molecular weight excluding hydrogens is 178 g/mol. The Kier molecular flexibility index (Phi) is 4.06. The Bertz CT molecular complexity index is 237. The van der Waals surface area contributed by atoms with Crippen LogP contribution < -0.4 is 5.73 Å². The summed E-state index contributed by atoms with van der Waals surface area (Å²) in [6.07, 6.45) is -0.553. The molecule has 0 aliphatic heterocycles. The first-order valence-corrected chi connectivity index (χ1v) is 3.57. The number of carbonyl (C=O) groups excluding carboxylic acids is 1. The molecule has 0 radical (unpaired) electrons. The zero-order valence-electron chi connectivity index (χ0n) is 7.06. The van der Waals surface area contributed by atoms with Gasteiger partial charge in [0.1, 0.15) is 11.8 Å². The van der Waals surface area contributed by atoms with Crippen LogP contribution in [0.3, 0.4) is 0 Å². The number of carboxylic acid groups (broad SMARTS) is 2. The SMILES string of the molecule is CC(=O)C(CC(=O)O)[C@H](N)C(=O)O. The number of hydrogen-bond donors (Lipinski definition) is 3. The highest BCUT2D eigenvalue weighted by atomic mass is 16.4. The van der Waals surface area contributed by atoms with Crippen molar-refractivity contribution in [2.45, 2.75) is 19.4 Å². The van der Waals surface area contributed by atoms with Crippen molar-refractivity contribution in [3.8, 4) is 0 Å². The minimum Gasteiger partial charge on any atom is -0.481 e. The van der Waals surface area contributed by atoms with E-state index in [0.29, 0.717) is 0 Å². The van der Waals surface area contributed by atoms with Gasteiger partial charge < -0.3 is 15.9 Å². The summed E-state index contributed by atoms with van der Waals surface area (Å²) in [6, 6.07) is -1.45. The van der Waals surface area contributed by atoms with Crippen LogP contribution in [0.2, 0.25) is 0 Å². The predicted octanol–water partition coefficient (Wildman–Crippen LogP) is -0.922. The molecule has 1 unspecified atom stereocenters. The predicted molar refractivity (Wildman–Crippen MR) is 42.0 cm³/mol.